The molecule has 0 N–H and O–H groups in total. The van der Waals surface area contributed by atoms with Crippen LogP contribution in [-0.2, 0) is 0 Å². The molecule has 2 rings (SSSR count). The van der Waals surface area contributed by atoms with Crippen LogP contribution in [0.1, 0.15) is 40.9 Å². The third-order valence-electron chi connectivity index (χ3n) is 3.16. The van der Waals surface area contributed by atoms with Crippen LogP contribution in [0.2, 0.25) is 0 Å². The van der Waals surface area contributed by atoms with Gasteiger partial charge in [0.1, 0.15) is 12.0 Å². The highest BCUT2D eigenvalue weighted by molar-refractivity contribution is 7.27. The Kier molecular flexibility index (Phi) is 5.33. The second kappa shape index (κ2) is 7.06. The van der Waals surface area contributed by atoms with Crippen molar-refractivity contribution in [2.45, 2.75) is 26.6 Å². The molecule has 0 amide bonds. The van der Waals surface area contributed by atoms with Crippen molar-refractivity contribution < 1.29 is 13.9 Å². The highest BCUT2D eigenvalue weighted by Crippen LogP contribution is 2.25. The van der Waals surface area contributed by atoms with Gasteiger partial charge in [-0.25, -0.2) is 0 Å². The van der Waals surface area contributed by atoms with E-state index in [0.717, 1.165) is 28.3 Å². The fourth-order valence-electron chi connectivity index (χ4n) is 2.21. The van der Waals surface area contributed by atoms with Gasteiger partial charge in [-0.3, -0.25) is 4.79 Å². The number of hydrogen-bond acceptors (Lipinski definition) is 2. The molecule has 1 atom stereocenters. The minimum Gasteiger partial charge on any atom is -0.458 e. The molecule has 23 heavy (non-hydrogen) atoms. The summed E-state index contributed by atoms with van der Waals surface area (Å²) in [7, 11) is 2.59. The van der Waals surface area contributed by atoms with Crippen molar-refractivity contribution in [2.75, 3.05) is 0 Å². The van der Waals surface area contributed by atoms with E-state index in [1.165, 1.54) is 13.8 Å². The maximum Gasteiger partial charge on any atom is 0.242 e. The van der Waals surface area contributed by atoms with Crippen LogP contribution in [0.3, 0.4) is 0 Å². The Hall–Kier alpha value is -1.99. The fourth-order valence-corrected chi connectivity index (χ4v) is 2.60. The smallest absolute Gasteiger partial charge is 0.242 e. The molecule has 0 saturated heterocycles. The first-order chi connectivity index (χ1) is 10.8. The molecule has 0 aliphatic carbocycles. The van der Waals surface area contributed by atoms with Crippen LogP contribution in [-0.4, -0.2) is 12.1 Å². The highest BCUT2D eigenvalue weighted by Gasteiger charge is 2.17. The molecule has 0 aliphatic rings. The van der Waals surface area contributed by atoms with E-state index in [9.17, 15) is 9.18 Å². The molecule has 120 valence electrons. The third kappa shape index (κ3) is 5.30. The Morgan fingerprint density at radius 1 is 1.04 bits per heavy atom. The van der Waals surface area contributed by atoms with E-state index >= 15 is 0 Å². The van der Waals surface area contributed by atoms with Gasteiger partial charge in [0, 0.05) is 19.4 Å². The zero-order valence-electron chi connectivity index (χ0n) is 13.5. The summed E-state index contributed by atoms with van der Waals surface area (Å²) in [5, 5.41) is 0.958. The fraction of sp³-hybridized carbons (Fsp3) is 0.211. The van der Waals surface area contributed by atoms with Crippen LogP contribution in [0.25, 0.3) is 12.2 Å². The zero-order valence-corrected chi connectivity index (χ0v) is 14.6. The van der Waals surface area contributed by atoms with Crippen molar-refractivity contribution in [1.82, 2.24) is 0 Å². The molecule has 0 aromatic heterocycles. The second-order valence-corrected chi connectivity index (χ2v) is 6.54. The quantitative estimate of drug-likeness (QED) is 0.456. The van der Waals surface area contributed by atoms with Crippen LogP contribution in [0.4, 0.5) is 4.39 Å². The second-order valence-electron chi connectivity index (χ2n) is 5.87. The van der Waals surface area contributed by atoms with Gasteiger partial charge < -0.3 is 4.74 Å². The molecule has 2 aromatic carbocycles. The maximum atomic E-state index is 13.6. The topological polar surface area (TPSA) is 26.3 Å². The van der Waals surface area contributed by atoms with Gasteiger partial charge >= 0.3 is 0 Å². The molecule has 0 spiro atoms. The molecule has 4 heteroatoms. The maximum absolute atomic E-state index is 13.6. The summed E-state index contributed by atoms with van der Waals surface area (Å²) in [6, 6.07) is 11.2. The van der Waals surface area contributed by atoms with Gasteiger partial charge in [-0.1, -0.05) is 18.2 Å². The van der Waals surface area contributed by atoms with E-state index in [1.54, 1.807) is 6.07 Å². The van der Waals surface area contributed by atoms with Crippen molar-refractivity contribution in [3.63, 3.8) is 0 Å². The number of aldehydes is 1. The number of rotatable bonds is 5. The number of carbonyl (C=O) groups excluding carboxylic acids is 1. The Morgan fingerprint density at radius 2 is 1.70 bits per heavy atom. The summed E-state index contributed by atoms with van der Waals surface area (Å²) >= 11 is 0. The normalized spacial score (nSPS) is 11.7. The number of carbonyl (C=O) groups is 1. The van der Waals surface area contributed by atoms with Crippen LogP contribution >= 0.6 is 9.24 Å². The number of alkyl halides is 1. The molecular weight excluding hydrogens is 310 g/mol. The van der Waals surface area contributed by atoms with Crippen molar-refractivity contribution in [3.8, 4) is 5.75 Å². The van der Waals surface area contributed by atoms with E-state index in [4.69, 9.17) is 4.74 Å². The van der Waals surface area contributed by atoms with E-state index in [0.29, 0.717) is 11.3 Å². The summed E-state index contributed by atoms with van der Waals surface area (Å²) in [5.74, 6) is -1.17. The minimum atomic E-state index is -1.70. The number of halogens is 1. The van der Waals surface area contributed by atoms with Gasteiger partial charge in [-0.2, -0.15) is 4.39 Å². The Morgan fingerprint density at radius 3 is 2.30 bits per heavy atom. The van der Waals surface area contributed by atoms with E-state index < -0.39 is 5.85 Å². The van der Waals surface area contributed by atoms with Gasteiger partial charge in [-0.05, 0) is 59.3 Å². The number of hydrogen-bond donors (Lipinski definition) is 0. The lowest BCUT2D eigenvalue weighted by Crippen LogP contribution is -2.21. The lowest BCUT2D eigenvalue weighted by molar-refractivity contribution is -0.0262. The van der Waals surface area contributed by atoms with Crippen molar-refractivity contribution >= 4 is 33.0 Å². The van der Waals surface area contributed by atoms with Crippen LogP contribution in [0.15, 0.2) is 36.4 Å². The molecule has 0 fully saturated rings. The zero-order chi connectivity index (χ0) is 17.0. The monoisotopic (exact) mass is 330 g/mol. The van der Waals surface area contributed by atoms with Crippen LogP contribution in [0, 0.1) is 6.92 Å². The highest BCUT2D eigenvalue weighted by atomic mass is 31.0. The van der Waals surface area contributed by atoms with Crippen molar-refractivity contribution in [1.29, 1.82) is 0 Å². The van der Waals surface area contributed by atoms with Crippen molar-refractivity contribution in [2.24, 2.45) is 0 Å². The Bertz CT molecular complexity index is 746. The predicted molar refractivity (Wildman–Crippen MR) is 97.1 cm³/mol. The molecule has 0 aliphatic heterocycles. The molecule has 2 nitrogen and oxygen atoms in total. The summed E-state index contributed by atoms with van der Waals surface area (Å²) in [5.41, 5.74) is 3.43. The number of aryl methyl sites for hydroxylation is 1. The SMILES string of the molecule is Cc1cc(/C=C/c2cc(P)cc(C=O)c2)ccc1OC(C)(C)F. The summed E-state index contributed by atoms with van der Waals surface area (Å²) in [6.07, 6.45) is 4.72. The predicted octanol–water partition coefficient (Wildman–Crippen LogP) is 4.56. The largest absolute Gasteiger partial charge is 0.458 e. The first-order valence-corrected chi connectivity index (χ1v) is 7.87. The van der Waals surface area contributed by atoms with Gasteiger partial charge in [0.15, 0.2) is 0 Å². The first kappa shape index (κ1) is 17.4. The molecule has 0 bridgehead atoms. The molecule has 0 heterocycles. The van der Waals surface area contributed by atoms with Crippen LogP contribution in [0.5, 0.6) is 5.75 Å². The minimum absolute atomic E-state index is 0.532. The average Bonchev–Trinajstić information content (AvgIpc) is 2.46. The van der Waals surface area contributed by atoms with Crippen LogP contribution < -0.4 is 10.0 Å². The molecule has 1 unspecified atom stereocenters. The van der Waals surface area contributed by atoms with E-state index in [-0.39, 0.29) is 0 Å². The summed E-state index contributed by atoms with van der Waals surface area (Å²) < 4.78 is 18.8. The number of benzene rings is 2. The first-order valence-electron chi connectivity index (χ1n) is 7.29. The van der Waals surface area contributed by atoms with E-state index in [2.05, 4.69) is 9.24 Å². The Labute approximate surface area is 138 Å². The van der Waals surface area contributed by atoms with Gasteiger partial charge in [0.25, 0.3) is 0 Å². The lowest BCUT2D eigenvalue weighted by Gasteiger charge is -2.18. The van der Waals surface area contributed by atoms with E-state index in [1.807, 2.05) is 49.4 Å². The average molecular weight is 330 g/mol. The molecule has 0 saturated carbocycles. The van der Waals surface area contributed by atoms with Gasteiger partial charge in [-0.15, -0.1) is 9.24 Å². The van der Waals surface area contributed by atoms with Crippen molar-refractivity contribution in [3.05, 3.63) is 58.7 Å². The summed E-state index contributed by atoms with van der Waals surface area (Å²) in [6.45, 7) is 4.63. The third-order valence-corrected chi connectivity index (χ3v) is 3.49. The molecular formula is C19H20FO2P. The standard InChI is InChI=1S/C19H20FO2P/c1-13-8-14(6-7-18(13)22-19(2,3)20)4-5-15-9-16(12-21)11-17(23)10-15/h4-12H,23H2,1-3H3/b5-4+. The summed E-state index contributed by atoms with van der Waals surface area (Å²) in [4.78, 5) is 10.9. The molecule has 0 radical (unpaired) electrons. The Balaban J connectivity index is 2.22. The molecule has 2 aromatic rings. The number of ether oxygens (including phenoxy) is 1. The van der Waals surface area contributed by atoms with Gasteiger partial charge in [0.05, 0.1) is 0 Å². The lowest BCUT2D eigenvalue weighted by atomic mass is 10.1. The van der Waals surface area contributed by atoms with Gasteiger partial charge in [0.2, 0.25) is 5.85 Å².